The van der Waals surface area contributed by atoms with E-state index in [2.05, 4.69) is 0 Å². The Morgan fingerprint density at radius 2 is 2.30 bits per heavy atom. The minimum absolute atomic E-state index is 0.272. The van der Waals surface area contributed by atoms with Crippen molar-refractivity contribution in [3.8, 4) is 0 Å². The zero-order valence-electron chi connectivity index (χ0n) is 5.76. The molecule has 0 aliphatic heterocycles. The van der Waals surface area contributed by atoms with Gasteiger partial charge in [0.05, 0.1) is 0 Å². The number of hydroxylamine groups is 1. The number of halogens is 2. The van der Waals surface area contributed by atoms with Gasteiger partial charge in [-0.25, -0.2) is 4.39 Å². The van der Waals surface area contributed by atoms with Gasteiger partial charge in [-0.05, 0) is 10.9 Å². The highest BCUT2D eigenvalue weighted by atomic mass is 19.2. The van der Waals surface area contributed by atoms with Crippen molar-refractivity contribution in [3.05, 3.63) is 5.21 Å². The number of rotatable bonds is 4. The van der Waals surface area contributed by atoms with Gasteiger partial charge in [0, 0.05) is 0 Å². The molecule has 0 amide bonds. The highest BCUT2D eigenvalue weighted by Gasteiger charge is 2.10. The molecule has 0 aliphatic rings. The molecule has 0 saturated heterocycles. The first-order valence-corrected chi connectivity index (χ1v) is 3.11. The van der Waals surface area contributed by atoms with Gasteiger partial charge in [0.1, 0.15) is 0 Å². The standard InChI is InChI=1S/C5H10F2N2O/c1-2-3-5(6)4-9(10)8-7/h5H,2-4H2,1H3. The van der Waals surface area contributed by atoms with E-state index in [4.69, 9.17) is 0 Å². The zero-order chi connectivity index (χ0) is 7.98. The molecule has 5 heteroatoms. The first kappa shape index (κ1) is 9.26. The lowest BCUT2D eigenvalue weighted by atomic mass is 10.2. The second kappa shape index (κ2) is 5.08. The van der Waals surface area contributed by atoms with E-state index in [9.17, 15) is 14.1 Å². The van der Waals surface area contributed by atoms with Gasteiger partial charge in [-0.1, -0.05) is 18.2 Å². The molecule has 0 aromatic heterocycles. The minimum atomic E-state index is -1.28. The molecule has 3 nitrogen and oxygen atoms in total. The summed E-state index contributed by atoms with van der Waals surface area (Å²) in [4.78, 5) is -0.291. The largest absolute Gasteiger partial charge is 0.598 e. The SMILES string of the molecule is CCCC(F)C[N+]([O-])=NF. The maximum absolute atomic E-state index is 12.4. The lowest BCUT2D eigenvalue weighted by Gasteiger charge is -2.01. The average molecular weight is 152 g/mol. The van der Waals surface area contributed by atoms with Crippen LogP contribution >= 0.6 is 0 Å². The van der Waals surface area contributed by atoms with Gasteiger partial charge < -0.3 is 5.21 Å². The highest BCUT2D eigenvalue weighted by Crippen LogP contribution is 2.01. The Kier molecular flexibility index (Phi) is 4.70. The first-order chi connectivity index (χ1) is 4.70. The molecule has 0 bridgehead atoms. The molecule has 1 atom stereocenters. The molecule has 0 radical (unpaired) electrons. The summed E-state index contributed by atoms with van der Waals surface area (Å²) < 4.78 is 23.4. The molecule has 0 fully saturated rings. The van der Waals surface area contributed by atoms with Gasteiger partial charge in [-0.15, -0.1) is 0 Å². The summed E-state index contributed by atoms with van der Waals surface area (Å²) >= 11 is 0. The van der Waals surface area contributed by atoms with Crippen molar-refractivity contribution in [2.24, 2.45) is 5.34 Å². The van der Waals surface area contributed by atoms with Crippen LogP contribution < -0.4 is 0 Å². The summed E-state index contributed by atoms with van der Waals surface area (Å²) in [6, 6.07) is 0. The van der Waals surface area contributed by atoms with E-state index >= 15 is 0 Å². The van der Waals surface area contributed by atoms with Gasteiger partial charge in [0.15, 0.2) is 11.5 Å². The van der Waals surface area contributed by atoms with Crippen LogP contribution in [0.2, 0.25) is 0 Å². The second-order valence-electron chi connectivity index (χ2n) is 2.00. The van der Waals surface area contributed by atoms with Crippen molar-refractivity contribution in [2.75, 3.05) is 6.54 Å². The van der Waals surface area contributed by atoms with Crippen LogP contribution in [0.15, 0.2) is 5.34 Å². The van der Waals surface area contributed by atoms with Gasteiger partial charge in [-0.3, -0.25) is 0 Å². The third kappa shape index (κ3) is 4.17. The van der Waals surface area contributed by atoms with Gasteiger partial charge in [0.2, 0.25) is 6.54 Å². The summed E-state index contributed by atoms with van der Waals surface area (Å²) in [6.07, 6.45) is -0.364. The number of hydrogen-bond acceptors (Lipinski definition) is 2. The van der Waals surface area contributed by atoms with Crippen molar-refractivity contribution in [2.45, 2.75) is 25.9 Å². The van der Waals surface area contributed by atoms with Crippen LogP contribution in [0.1, 0.15) is 19.8 Å². The Labute approximate surface area is 57.9 Å². The maximum Gasteiger partial charge on any atom is 0.214 e. The van der Waals surface area contributed by atoms with Crippen molar-refractivity contribution in [1.29, 1.82) is 0 Å². The lowest BCUT2D eigenvalue weighted by Crippen LogP contribution is -2.14. The van der Waals surface area contributed by atoms with Gasteiger partial charge in [-0.2, -0.15) is 0 Å². The van der Waals surface area contributed by atoms with Gasteiger partial charge in [0.25, 0.3) is 0 Å². The molecule has 1 unspecified atom stereocenters. The van der Waals surface area contributed by atoms with Crippen molar-refractivity contribution >= 4 is 0 Å². The summed E-state index contributed by atoms with van der Waals surface area (Å²) in [5.41, 5.74) is 0. The molecule has 0 heterocycles. The summed E-state index contributed by atoms with van der Waals surface area (Å²) in [6.45, 7) is 1.28. The normalized spacial score (nSPS) is 15.3. The quantitative estimate of drug-likeness (QED) is 0.345. The molecule has 60 valence electrons. The number of alkyl halides is 1. The molecule has 0 aromatic carbocycles. The summed E-state index contributed by atoms with van der Waals surface area (Å²) in [5.74, 6) is 0. The smallest absolute Gasteiger partial charge is 0.214 e. The highest BCUT2D eigenvalue weighted by molar-refractivity contribution is 4.50. The molecule has 0 saturated carbocycles. The maximum atomic E-state index is 12.4. The predicted octanol–water partition coefficient (Wildman–Crippen LogP) is 1.97. The average Bonchev–Trinajstić information content (AvgIpc) is 1.88. The van der Waals surface area contributed by atoms with Crippen LogP contribution in [0.5, 0.6) is 0 Å². The van der Waals surface area contributed by atoms with E-state index in [1.807, 2.05) is 0 Å². The lowest BCUT2D eigenvalue weighted by molar-refractivity contribution is -0.552. The zero-order valence-corrected chi connectivity index (χ0v) is 5.76. The molecular formula is C5H10F2N2O. The Bertz CT molecular complexity index is 118. The minimum Gasteiger partial charge on any atom is -0.598 e. The topological polar surface area (TPSA) is 38.4 Å². The Balaban J connectivity index is 3.47. The van der Waals surface area contributed by atoms with E-state index in [1.165, 1.54) is 0 Å². The third-order valence-electron chi connectivity index (χ3n) is 1.04. The Hall–Kier alpha value is -0.740. The van der Waals surface area contributed by atoms with Crippen LogP contribution in [-0.2, 0) is 0 Å². The van der Waals surface area contributed by atoms with Crippen molar-refractivity contribution in [1.82, 2.24) is 0 Å². The van der Waals surface area contributed by atoms with Crippen molar-refractivity contribution < 1.29 is 13.7 Å². The van der Waals surface area contributed by atoms with E-state index in [-0.39, 0.29) is 11.3 Å². The molecule has 10 heavy (non-hydrogen) atoms. The Morgan fingerprint density at radius 3 is 2.70 bits per heavy atom. The third-order valence-corrected chi connectivity index (χ3v) is 1.04. The van der Waals surface area contributed by atoms with E-state index < -0.39 is 12.7 Å². The summed E-state index contributed by atoms with van der Waals surface area (Å²) in [7, 11) is 0. The van der Waals surface area contributed by atoms with E-state index in [0.717, 1.165) is 0 Å². The van der Waals surface area contributed by atoms with Crippen LogP contribution in [0.25, 0.3) is 0 Å². The molecule has 0 aliphatic carbocycles. The molecular weight excluding hydrogens is 142 g/mol. The monoisotopic (exact) mass is 152 g/mol. The number of nitrogens with zero attached hydrogens (tertiary/aromatic N) is 2. The molecule has 0 spiro atoms. The fourth-order valence-electron chi connectivity index (χ4n) is 0.605. The fraction of sp³-hybridized carbons (Fsp3) is 1.00. The first-order valence-electron chi connectivity index (χ1n) is 3.11. The summed E-state index contributed by atoms with van der Waals surface area (Å²) in [5, 5.41) is 11.8. The van der Waals surface area contributed by atoms with Crippen LogP contribution in [0.3, 0.4) is 0 Å². The molecule has 0 rings (SSSR count). The van der Waals surface area contributed by atoms with Gasteiger partial charge >= 0.3 is 0 Å². The second-order valence-corrected chi connectivity index (χ2v) is 2.00. The van der Waals surface area contributed by atoms with Crippen LogP contribution in [0, 0.1) is 5.21 Å². The van der Waals surface area contributed by atoms with E-state index in [0.29, 0.717) is 6.42 Å². The molecule has 0 aromatic rings. The van der Waals surface area contributed by atoms with Crippen LogP contribution in [0.4, 0.5) is 8.87 Å². The fourth-order valence-corrected chi connectivity index (χ4v) is 0.605. The number of hydrogen-bond donors (Lipinski definition) is 0. The van der Waals surface area contributed by atoms with Crippen LogP contribution in [-0.4, -0.2) is 17.6 Å². The Morgan fingerprint density at radius 1 is 1.70 bits per heavy atom. The molecule has 0 N–H and O–H groups in total. The van der Waals surface area contributed by atoms with E-state index in [1.54, 1.807) is 12.3 Å². The van der Waals surface area contributed by atoms with Crippen molar-refractivity contribution in [3.63, 3.8) is 0 Å². The predicted molar refractivity (Wildman–Crippen MR) is 31.8 cm³/mol.